The Hall–Kier alpha value is -2.15. The molecule has 3 heterocycles. The summed E-state index contributed by atoms with van der Waals surface area (Å²) in [4.78, 5) is 19.2. The Morgan fingerprint density at radius 1 is 1.13 bits per heavy atom. The zero-order valence-corrected chi connectivity index (χ0v) is 18.1. The molecule has 1 aromatic heterocycles. The van der Waals surface area contributed by atoms with E-state index in [-0.39, 0.29) is 24.2 Å². The van der Waals surface area contributed by atoms with Crippen LogP contribution in [0.3, 0.4) is 0 Å². The van der Waals surface area contributed by atoms with Crippen LogP contribution in [0.2, 0.25) is 5.02 Å². The summed E-state index contributed by atoms with van der Waals surface area (Å²) in [5.74, 6) is 0.932. The fraction of sp³-hybridized carbons (Fsp3) is 0.478. The predicted octanol–water partition coefficient (Wildman–Crippen LogP) is 3.74. The van der Waals surface area contributed by atoms with Crippen molar-refractivity contribution in [2.24, 2.45) is 11.8 Å². The van der Waals surface area contributed by atoms with Crippen molar-refractivity contribution in [3.63, 3.8) is 0 Å². The molecule has 6 nitrogen and oxygen atoms in total. The molecule has 3 N–H and O–H groups in total. The van der Waals surface area contributed by atoms with E-state index < -0.39 is 0 Å². The van der Waals surface area contributed by atoms with E-state index >= 15 is 0 Å². The number of nitrogens with one attached hydrogen (secondary N) is 3. The van der Waals surface area contributed by atoms with Gasteiger partial charge in [0.1, 0.15) is 0 Å². The number of fused-ring (bicyclic) bond motifs is 2. The minimum absolute atomic E-state index is 0.0133. The molecular formula is C23H28ClN5O. The highest BCUT2D eigenvalue weighted by atomic mass is 35.5. The maximum Gasteiger partial charge on any atom is 0.318 e. The maximum absolute atomic E-state index is 12.9. The molecule has 3 fully saturated rings. The van der Waals surface area contributed by atoms with Crippen LogP contribution in [-0.4, -0.2) is 34.5 Å². The Kier molecular flexibility index (Phi) is 5.17. The molecule has 2 saturated heterocycles. The number of urea groups is 1. The Bertz CT molecular complexity index is 935. The molecule has 5 unspecified atom stereocenters. The molecule has 1 saturated carbocycles. The first-order chi connectivity index (χ1) is 14.5. The third-order valence-corrected chi connectivity index (χ3v) is 7.37. The lowest BCUT2D eigenvalue weighted by atomic mass is 9.71. The molecule has 0 spiro atoms. The number of amides is 2. The van der Waals surface area contributed by atoms with Crippen LogP contribution in [0.5, 0.6) is 0 Å². The van der Waals surface area contributed by atoms with Crippen molar-refractivity contribution < 1.29 is 4.79 Å². The van der Waals surface area contributed by atoms with Crippen LogP contribution in [0, 0.1) is 18.8 Å². The molecule has 1 aromatic carbocycles. The zero-order valence-electron chi connectivity index (χ0n) is 17.3. The molecule has 30 heavy (non-hydrogen) atoms. The Balaban J connectivity index is 1.33. The first-order valence-electron chi connectivity index (χ1n) is 10.8. The molecule has 2 aliphatic heterocycles. The number of rotatable bonds is 3. The number of carbonyl (C=O) groups is 1. The van der Waals surface area contributed by atoms with E-state index in [4.69, 9.17) is 11.6 Å². The van der Waals surface area contributed by atoms with Crippen molar-refractivity contribution in [1.82, 2.24) is 26.1 Å². The van der Waals surface area contributed by atoms with E-state index in [0.29, 0.717) is 22.9 Å². The van der Waals surface area contributed by atoms with E-state index in [1.807, 2.05) is 42.3 Å². The summed E-state index contributed by atoms with van der Waals surface area (Å²) in [6, 6.07) is 13.0. The monoisotopic (exact) mass is 425 g/mol. The molecule has 6 atom stereocenters. The van der Waals surface area contributed by atoms with Gasteiger partial charge in [0.2, 0.25) is 0 Å². The average Bonchev–Trinajstić information content (AvgIpc) is 3.14. The van der Waals surface area contributed by atoms with Gasteiger partial charge in [0.15, 0.2) is 0 Å². The largest absolute Gasteiger partial charge is 0.335 e. The number of nitrogens with zero attached hydrogens (tertiary/aromatic N) is 2. The number of aromatic nitrogens is 1. The lowest BCUT2D eigenvalue weighted by Crippen LogP contribution is -2.61. The number of hydrogen-bond donors (Lipinski definition) is 3. The van der Waals surface area contributed by atoms with Crippen LogP contribution >= 0.6 is 11.6 Å². The van der Waals surface area contributed by atoms with Gasteiger partial charge < -0.3 is 10.2 Å². The smallest absolute Gasteiger partial charge is 0.318 e. The predicted molar refractivity (Wildman–Crippen MR) is 117 cm³/mol. The zero-order chi connectivity index (χ0) is 20.8. The number of halogens is 1. The van der Waals surface area contributed by atoms with E-state index in [1.165, 1.54) is 5.56 Å². The summed E-state index contributed by atoms with van der Waals surface area (Å²) in [6.45, 7) is 4.91. The van der Waals surface area contributed by atoms with Crippen LogP contribution in [0.4, 0.5) is 4.79 Å². The number of hydrazine groups is 1. The third-order valence-electron chi connectivity index (χ3n) is 7.12. The van der Waals surface area contributed by atoms with Gasteiger partial charge in [0.25, 0.3) is 0 Å². The Morgan fingerprint density at radius 3 is 2.70 bits per heavy atom. The molecule has 0 bridgehead atoms. The van der Waals surface area contributed by atoms with Crippen molar-refractivity contribution >= 4 is 17.6 Å². The summed E-state index contributed by atoms with van der Waals surface area (Å²) in [6.07, 6.45) is 3.92. The van der Waals surface area contributed by atoms with Gasteiger partial charge in [-0.25, -0.2) is 10.2 Å². The number of hydrogen-bond acceptors (Lipinski definition) is 4. The van der Waals surface area contributed by atoms with Crippen molar-refractivity contribution in [2.45, 2.75) is 50.9 Å². The quantitative estimate of drug-likeness (QED) is 0.700. The topological polar surface area (TPSA) is 69.3 Å². The molecule has 5 rings (SSSR count). The highest BCUT2D eigenvalue weighted by Crippen LogP contribution is 2.42. The van der Waals surface area contributed by atoms with Crippen molar-refractivity contribution in [2.75, 3.05) is 6.54 Å². The van der Waals surface area contributed by atoms with Crippen molar-refractivity contribution in [1.29, 1.82) is 0 Å². The number of benzene rings is 1. The van der Waals surface area contributed by atoms with E-state index in [1.54, 1.807) is 0 Å². The van der Waals surface area contributed by atoms with Gasteiger partial charge in [-0.05, 0) is 73.9 Å². The van der Waals surface area contributed by atoms with Crippen LogP contribution in [0.25, 0.3) is 0 Å². The Labute approximate surface area is 182 Å². The second-order valence-corrected chi connectivity index (χ2v) is 9.37. The number of pyridine rings is 1. The van der Waals surface area contributed by atoms with Gasteiger partial charge in [0, 0.05) is 35.5 Å². The van der Waals surface area contributed by atoms with Gasteiger partial charge in [-0.15, -0.1) is 0 Å². The van der Waals surface area contributed by atoms with Crippen molar-refractivity contribution in [3.8, 4) is 0 Å². The molecule has 0 radical (unpaired) electrons. The standard InChI is InChI=1S/C23H28ClN5O/c1-13-9-16(7-8-25-13)22-19-10-17-12-29(14(2)15-3-5-18(24)6-4-15)23(30)26-20(17)11-21(19)27-28-22/h3-9,14,17,19-22,27-28H,10-12H2,1-2H3,(H,26,30)/t14-,17?,19?,20?,21?,22?/m1/s1. The van der Waals surface area contributed by atoms with Gasteiger partial charge in [-0.1, -0.05) is 23.7 Å². The van der Waals surface area contributed by atoms with Gasteiger partial charge in [-0.3, -0.25) is 10.4 Å². The summed E-state index contributed by atoms with van der Waals surface area (Å²) < 4.78 is 0. The highest BCUT2D eigenvalue weighted by molar-refractivity contribution is 6.30. The minimum atomic E-state index is 0.0133. The second-order valence-electron chi connectivity index (χ2n) is 8.93. The fourth-order valence-corrected chi connectivity index (χ4v) is 5.59. The summed E-state index contributed by atoms with van der Waals surface area (Å²) in [7, 11) is 0. The second kappa shape index (κ2) is 7.84. The van der Waals surface area contributed by atoms with Gasteiger partial charge in [0.05, 0.1) is 12.1 Å². The molecule has 7 heteroatoms. The Morgan fingerprint density at radius 2 is 1.93 bits per heavy atom. The van der Waals surface area contributed by atoms with E-state index in [2.05, 4.69) is 40.2 Å². The van der Waals surface area contributed by atoms with Crippen LogP contribution in [0.1, 0.15) is 48.7 Å². The first-order valence-corrected chi connectivity index (χ1v) is 11.1. The van der Waals surface area contributed by atoms with Gasteiger partial charge >= 0.3 is 6.03 Å². The number of carbonyl (C=O) groups excluding carboxylic acids is 1. The molecule has 3 aliphatic rings. The van der Waals surface area contributed by atoms with Crippen LogP contribution in [0.15, 0.2) is 42.6 Å². The van der Waals surface area contributed by atoms with Gasteiger partial charge in [-0.2, -0.15) is 0 Å². The average molecular weight is 426 g/mol. The van der Waals surface area contributed by atoms with Crippen LogP contribution < -0.4 is 16.2 Å². The van der Waals surface area contributed by atoms with E-state index in [9.17, 15) is 4.79 Å². The SMILES string of the molecule is Cc1cc(C2NNC3CC4NC(=O)N([C@H](C)c5ccc(Cl)cc5)CC4CC32)ccn1. The lowest BCUT2D eigenvalue weighted by molar-refractivity contribution is 0.0835. The van der Waals surface area contributed by atoms with Crippen molar-refractivity contribution in [3.05, 3.63) is 64.4 Å². The fourth-order valence-electron chi connectivity index (χ4n) is 5.46. The third kappa shape index (κ3) is 3.57. The summed E-state index contributed by atoms with van der Waals surface area (Å²) >= 11 is 6.04. The number of aryl methyl sites for hydroxylation is 1. The van der Waals surface area contributed by atoms with E-state index in [0.717, 1.165) is 30.6 Å². The molecule has 1 aliphatic carbocycles. The minimum Gasteiger partial charge on any atom is -0.335 e. The highest BCUT2D eigenvalue weighted by Gasteiger charge is 2.48. The first kappa shape index (κ1) is 19.8. The summed E-state index contributed by atoms with van der Waals surface area (Å²) in [5, 5.41) is 4.00. The molecule has 2 amide bonds. The molecular weight excluding hydrogens is 398 g/mol. The lowest BCUT2D eigenvalue weighted by Gasteiger charge is -2.47. The molecule has 158 valence electrons. The maximum atomic E-state index is 12.9. The normalized spacial score (nSPS) is 31.6. The molecule has 2 aromatic rings. The summed E-state index contributed by atoms with van der Waals surface area (Å²) in [5.41, 5.74) is 10.4. The van der Waals surface area contributed by atoms with Crippen LogP contribution in [-0.2, 0) is 0 Å².